The van der Waals surface area contributed by atoms with E-state index in [0.717, 1.165) is 56.6 Å². The summed E-state index contributed by atoms with van der Waals surface area (Å²) in [6.45, 7) is 2.40. The molecule has 7 nitrogen and oxygen atoms in total. The van der Waals surface area contributed by atoms with Crippen molar-refractivity contribution >= 4 is 29.2 Å². The number of fused-ring (bicyclic) bond motifs is 1. The standard InChI is InChI=1S/C27H33N5O2S/c33-25(22-9-10-24-28-14-17-32(24)18-22)29-13-5-4-6-20-11-15-31(16-12-20)27(34)23-19-35-26(30-23)21-7-2-1-3-8-21/h1-3,7-10,14,17-18,20,23,26,30H,4-6,11-13,15-16,19H2,(H,29,33). The zero-order chi connectivity index (χ0) is 24.0. The van der Waals surface area contributed by atoms with Crippen molar-refractivity contribution in [3.05, 3.63) is 72.2 Å². The van der Waals surface area contributed by atoms with E-state index in [9.17, 15) is 9.59 Å². The van der Waals surface area contributed by atoms with Gasteiger partial charge in [-0.3, -0.25) is 14.9 Å². The molecule has 0 aliphatic carbocycles. The first kappa shape index (κ1) is 23.9. The molecular weight excluding hydrogens is 458 g/mol. The molecule has 184 valence electrons. The Morgan fingerprint density at radius 1 is 1.09 bits per heavy atom. The summed E-state index contributed by atoms with van der Waals surface area (Å²) >= 11 is 1.82. The first-order valence-electron chi connectivity index (χ1n) is 12.6. The van der Waals surface area contributed by atoms with Crippen LogP contribution in [0.2, 0.25) is 0 Å². The predicted octanol–water partition coefficient (Wildman–Crippen LogP) is 3.88. The average molecular weight is 492 g/mol. The van der Waals surface area contributed by atoms with Crippen LogP contribution in [-0.2, 0) is 4.79 Å². The largest absolute Gasteiger partial charge is 0.352 e. The summed E-state index contributed by atoms with van der Waals surface area (Å²) in [5.74, 6) is 1.72. The molecule has 0 radical (unpaired) electrons. The molecule has 2 aromatic heterocycles. The smallest absolute Gasteiger partial charge is 0.252 e. The van der Waals surface area contributed by atoms with Crippen molar-refractivity contribution in [1.29, 1.82) is 0 Å². The normalized spacial score (nSPS) is 20.9. The number of benzene rings is 1. The number of amides is 2. The number of thioether (sulfide) groups is 1. The van der Waals surface area contributed by atoms with Gasteiger partial charge in [0.1, 0.15) is 5.65 Å². The Bertz CT molecular complexity index is 1140. The van der Waals surface area contributed by atoms with Crippen LogP contribution in [0.5, 0.6) is 0 Å². The maximum absolute atomic E-state index is 13.0. The number of hydrogen-bond donors (Lipinski definition) is 2. The number of carbonyl (C=O) groups is 2. The molecular formula is C27H33N5O2S. The quantitative estimate of drug-likeness (QED) is 0.468. The molecule has 2 saturated heterocycles. The second-order valence-corrected chi connectivity index (χ2v) is 10.6. The number of nitrogens with zero attached hydrogens (tertiary/aromatic N) is 3. The number of likely N-dealkylation sites (tertiary alicyclic amines) is 1. The number of piperidine rings is 1. The maximum Gasteiger partial charge on any atom is 0.252 e. The lowest BCUT2D eigenvalue weighted by atomic mass is 9.91. The van der Waals surface area contributed by atoms with Gasteiger partial charge in [-0.15, -0.1) is 11.8 Å². The second kappa shape index (κ2) is 11.3. The van der Waals surface area contributed by atoms with Crippen molar-refractivity contribution in [2.45, 2.75) is 43.5 Å². The van der Waals surface area contributed by atoms with Crippen LogP contribution in [-0.4, -0.2) is 57.5 Å². The Morgan fingerprint density at radius 2 is 1.91 bits per heavy atom. The van der Waals surface area contributed by atoms with Gasteiger partial charge in [0.15, 0.2) is 0 Å². The van der Waals surface area contributed by atoms with E-state index < -0.39 is 0 Å². The Hall–Kier alpha value is -2.84. The lowest BCUT2D eigenvalue weighted by Gasteiger charge is -2.33. The summed E-state index contributed by atoms with van der Waals surface area (Å²) in [6, 6.07) is 13.9. The molecule has 8 heteroatoms. The number of unbranched alkanes of at least 4 members (excludes halogenated alkanes) is 1. The second-order valence-electron chi connectivity index (χ2n) is 9.47. The highest BCUT2D eigenvalue weighted by atomic mass is 32.2. The molecule has 0 spiro atoms. The Morgan fingerprint density at radius 3 is 2.74 bits per heavy atom. The van der Waals surface area contributed by atoms with Gasteiger partial charge in [-0.05, 0) is 42.9 Å². The van der Waals surface area contributed by atoms with Crippen LogP contribution in [0.3, 0.4) is 0 Å². The first-order chi connectivity index (χ1) is 17.2. The minimum atomic E-state index is -0.0835. The van der Waals surface area contributed by atoms with E-state index in [-0.39, 0.29) is 23.2 Å². The molecule has 2 aliphatic rings. The molecule has 2 fully saturated rings. The topological polar surface area (TPSA) is 78.7 Å². The van der Waals surface area contributed by atoms with E-state index in [1.54, 1.807) is 6.20 Å². The highest BCUT2D eigenvalue weighted by molar-refractivity contribution is 7.99. The zero-order valence-corrected chi connectivity index (χ0v) is 20.8. The van der Waals surface area contributed by atoms with Gasteiger partial charge in [0, 0.05) is 44.0 Å². The fraction of sp³-hybridized carbons (Fsp3) is 0.444. The molecule has 2 aliphatic heterocycles. The lowest BCUT2D eigenvalue weighted by Crippen LogP contribution is -2.48. The predicted molar refractivity (Wildman–Crippen MR) is 139 cm³/mol. The van der Waals surface area contributed by atoms with Crippen LogP contribution in [0.1, 0.15) is 53.4 Å². The van der Waals surface area contributed by atoms with E-state index >= 15 is 0 Å². The van der Waals surface area contributed by atoms with Crippen LogP contribution < -0.4 is 10.6 Å². The summed E-state index contributed by atoms with van der Waals surface area (Å²) in [6.07, 6.45) is 10.8. The average Bonchev–Trinajstić information content (AvgIpc) is 3.58. The van der Waals surface area contributed by atoms with E-state index in [1.165, 1.54) is 5.56 Å². The minimum absolute atomic E-state index is 0.0411. The molecule has 3 aromatic rings. The molecule has 2 amide bonds. The first-order valence-corrected chi connectivity index (χ1v) is 13.6. The molecule has 2 atom stereocenters. The van der Waals surface area contributed by atoms with Crippen molar-refractivity contribution in [3.63, 3.8) is 0 Å². The highest BCUT2D eigenvalue weighted by Crippen LogP contribution is 2.33. The monoisotopic (exact) mass is 491 g/mol. The van der Waals surface area contributed by atoms with E-state index in [1.807, 2.05) is 58.9 Å². The van der Waals surface area contributed by atoms with Crippen molar-refractivity contribution in [1.82, 2.24) is 24.9 Å². The van der Waals surface area contributed by atoms with Gasteiger partial charge in [0.25, 0.3) is 5.91 Å². The zero-order valence-electron chi connectivity index (χ0n) is 19.9. The van der Waals surface area contributed by atoms with E-state index in [0.29, 0.717) is 18.0 Å². The third kappa shape index (κ3) is 5.87. The van der Waals surface area contributed by atoms with Crippen molar-refractivity contribution in [2.24, 2.45) is 5.92 Å². The van der Waals surface area contributed by atoms with Crippen LogP contribution in [0, 0.1) is 5.92 Å². The summed E-state index contributed by atoms with van der Waals surface area (Å²) < 4.78 is 1.86. The molecule has 4 heterocycles. The van der Waals surface area contributed by atoms with Gasteiger partial charge in [0.05, 0.1) is 17.0 Å². The molecule has 0 bridgehead atoms. The number of carbonyl (C=O) groups excluding carboxylic acids is 2. The summed E-state index contributed by atoms with van der Waals surface area (Å²) in [5.41, 5.74) is 2.73. The Labute approximate surface area is 210 Å². The fourth-order valence-corrected chi connectivity index (χ4v) is 6.25. The van der Waals surface area contributed by atoms with Crippen LogP contribution in [0.4, 0.5) is 0 Å². The molecule has 2 unspecified atom stereocenters. The van der Waals surface area contributed by atoms with Gasteiger partial charge >= 0.3 is 0 Å². The van der Waals surface area contributed by atoms with E-state index in [4.69, 9.17) is 0 Å². The van der Waals surface area contributed by atoms with Crippen molar-refractivity contribution in [3.8, 4) is 0 Å². The fourth-order valence-electron chi connectivity index (χ4n) is 5.01. The number of nitrogens with one attached hydrogen (secondary N) is 2. The molecule has 0 saturated carbocycles. The Balaban J connectivity index is 0.974. The molecule has 5 rings (SSSR count). The third-order valence-electron chi connectivity index (χ3n) is 7.08. The molecule has 1 aromatic carbocycles. The number of rotatable bonds is 8. The van der Waals surface area contributed by atoms with Crippen molar-refractivity contribution in [2.75, 3.05) is 25.4 Å². The van der Waals surface area contributed by atoms with Crippen LogP contribution in [0.15, 0.2) is 61.1 Å². The summed E-state index contributed by atoms with van der Waals surface area (Å²) in [5, 5.41) is 6.76. The summed E-state index contributed by atoms with van der Waals surface area (Å²) in [4.78, 5) is 31.7. The number of aromatic nitrogens is 2. The molecule has 2 N–H and O–H groups in total. The van der Waals surface area contributed by atoms with Crippen LogP contribution in [0.25, 0.3) is 5.65 Å². The number of imidazole rings is 1. The number of pyridine rings is 1. The van der Waals surface area contributed by atoms with Gasteiger partial charge in [-0.2, -0.15) is 0 Å². The lowest BCUT2D eigenvalue weighted by molar-refractivity contribution is -0.134. The Kier molecular flexibility index (Phi) is 7.69. The highest BCUT2D eigenvalue weighted by Gasteiger charge is 2.34. The van der Waals surface area contributed by atoms with Crippen molar-refractivity contribution < 1.29 is 9.59 Å². The van der Waals surface area contributed by atoms with Gasteiger partial charge in [-0.1, -0.05) is 43.2 Å². The SMILES string of the molecule is O=C(NCCCCC1CCN(C(=O)C2CSC(c3ccccc3)N2)CC1)c1ccc2nccn2c1. The van der Waals surface area contributed by atoms with Gasteiger partial charge in [-0.25, -0.2) is 4.98 Å². The van der Waals surface area contributed by atoms with Gasteiger partial charge < -0.3 is 14.6 Å². The number of hydrogen-bond acceptors (Lipinski definition) is 5. The minimum Gasteiger partial charge on any atom is -0.352 e. The third-order valence-corrected chi connectivity index (χ3v) is 8.35. The summed E-state index contributed by atoms with van der Waals surface area (Å²) in [7, 11) is 0. The van der Waals surface area contributed by atoms with Crippen LogP contribution >= 0.6 is 11.8 Å². The molecule has 35 heavy (non-hydrogen) atoms. The maximum atomic E-state index is 13.0. The van der Waals surface area contributed by atoms with Gasteiger partial charge in [0.2, 0.25) is 5.91 Å². The van der Waals surface area contributed by atoms with E-state index in [2.05, 4.69) is 32.7 Å².